The van der Waals surface area contributed by atoms with Crippen LogP contribution in [0.25, 0.3) is 0 Å². The molecule has 1 unspecified atom stereocenters. The second-order valence-corrected chi connectivity index (χ2v) is 10.5. The summed E-state index contributed by atoms with van der Waals surface area (Å²) in [5, 5.41) is 21.8. The molecule has 7 rings (SSSR count). The Morgan fingerprint density at radius 3 is 2.43 bits per heavy atom. The average molecular weight is 523 g/mol. The molecule has 0 spiro atoms. The maximum absolute atomic E-state index is 16.2. The van der Waals surface area contributed by atoms with Crippen LogP contribution < -0.4 is 4.74 Å². The molecule has 13 heteroatoms. The van der Waals surface area contributed by atoms with Crippen molar-refractivity contribution in [3.63, 3.8) is 0 Å². The number of aliphatic hydroxyl groups is 1. The zero-order valence-electron chi connectivity index (χ0n) is 19.4. The lowest BCUT2D eigenvalue weighted by Crippen LogP contribution is -2.76. The Bertz CT molecular complexity index is 1300. The molecule has 8 nitrogen and oxygen atoms in total. The summed E-state index contributed by atoms with van der Waals surface area (Å²) in [4.78, 5) is 4.19. The predicted octanol–water partition coefficient (Wildman–Crippen LogP) is 3.11. The number of alkyl halides is 3. The van der Waals surface area contributed by atoms with Gasteiger partial charge in [-0.05, 0) is 52.8 Å². The molecule has 0 radical (unpaired) electrons. The third-order valence-electron chi connectivity index (χ3n) is 7.92. The van der Waals surface area contributed by atoms with Crippen LogP contribution in [0.3, 0.4) is 0 Å². The molecule has 3 aliphatic carbocycles. The van der Waals surface area contributed by atoms with Gasteiger partial charge in [0.15, 0.2) is 11.3 Å². The summed E-state index contributed by atoms with van der Waals surface area (Å²) < 4.78 is 85.9. The average Bonchev–Trinajstić information content (AvgIpc) is 3.28. The summed E-state index contributed by atoms with van der Waals surface area (Å²) >= 11 is 0. The molecule has 3 aromatic rings. The van der Waals surface area contributed by atoms with E-state index >= 15 is 8.78 Å². The van der Waals surface area contributed by atoms with Gasteiger partial charge >= 0.3 is 0 Å². The Hall–Kier alpha value is -3.19. The lowest BCUT2D eigenvalue weighted by Gasteiger charge is -2.74. The first-order valence-corrected chi connectivity index (χ1v) is 11.6. The van der Waals surface area contributed by atoms with E-state index in [2.05, 4.69) is 20.5 Å². The highest BCUT2D eigenvalue weighted by Crippen LogP contribution is 2.80. The van der Waals surface area contributed by atoms with Gasteiger partial charge in [-0.25, -0.2) is 31.6 Å². The van der Waals surface area contributed by atoms with Crippen molar-refractivity contribution in [1.82, 2.24) is 25.2 Å². The molecule has 37 heavy (non-hydrogen) atoms. The number of halogens is 5. The molecule has 4 aliphatic rings. The van der Waals surface area contributed by atoms with E-state index in [4.69, 9.17) is 9.47 Å². The number of tetrazole rings is 1. The van der Waals surface area contributed by atoms with E-state index in [1.165, 1.54) is 6.20 Å². The standard InChI is InChI=1S/C24H22F5N5O3/c25-16-2-3-17(18(26)5-16)23(35,10-34-14-31-32-33-34)24(28,29)21-7-20(8-21,9-21)15-1-4-19(30-6-15)37-13-22(27)11-36-12-22/h1-6,14,35H,7-13H2. The Labute approximate surface area is 207 Å². The first-order chi connectivity index (χ1) is 17.5. The molecule has 1 aromatic carbocycles. The van der Waals surface area contributed by atoms with Gasteiger partial charge in [-0.3, -0.25) is 0 Å². The zero-order valence-corrected chi connectivity index (χ0v) is 19.4. The van der Waals surface area contributed by atoms with Crippen LogP contribution in [0.5, 0.6) is 5.88 Å². The molecule has 1 saturated heterocycles. The van der Waals surface area contributed by atoms with Gasteiger partial charge in [0.25, 0.3) is 5.92 Å². The molecule has 2 aromatic heterocycles. The molecule has 4 fully saturated rings. The van der Waals surface area contributed by atoms with Crippen molar-refractivity contribution in [3.05, 3.63) is 65.6 Å². The Balaban J connectivity index is 1.22. The van der Waals surface area contributed by atoms with Crippen molar-refractivity contribution in [3.8, 4) is 5.88 Å². The van der Waals surface area contributed by atoms with Crippen molar-refractivity contribution in [2.75, 3.05) is 19.8 Å². The minimum atomic E-state index is -3.82. The summed E-state index contributed by atoms with van der Waals surface area (Å²) in [7, 11) is 0. The number of ether oxygens (including phenoxy) is 2. The Kier molecular flexibility index (Phi) is 5.16. The van der Waals surface area contributed by atoms with Gasteiger partial charge < -0.3 is 14.6 Å². The van der Waals surface area contributed by atoms with E-state index in [-0.39, 0.29) is 45.0 Å². The lowest BCUT2D eigenvalue weighted by molar-refractivity contribution is -0.347. The molecule has 0 amide bonds. The zero-order chi connectivity index (χ0) is 26.1. The first-order valence-electron chi connectivity index (χ1n) is 11.6. The number of aromatic nitrogens is 5. The highest BCUT2D eigenvalue weighted by molar-refractivity contribution is 5.42. The van der Waals surface area contributed by atoms with E-state index in [0.717, 1.165) is 28.7 Å². The summed E-state index contributed by atoms with van der Waals surface area (Å²) in [5.74, 6) is -5.86. The number of benzene rings is 1. The number of hydrogen-bond acceptors (Lipinski definition) is 7. The Morgan fingerprint density at radius 1 is 1.11 bits per heavy atom. The highest BCUT2D eigenvalue weighted by atomic mass is 19.3. The van der Waals surface area contributed by atoms with Crippen LogP contribution in [0.1, 0.15) is 30.4 Å². The van der Waals surface area contributed by atoms with Gasteiger partial charge in [-0.15, -0.1) is 5.10 Å². The van der Waals surface area contributed by atoms with E-state index in [9.17, 15) is 18.3 Å². The summed E-state index contributed by atoms with van der Waals surface area (Å²) in [5.41, 5.74) is -6.78. The van der Waals surface area contributed by atoms with Crippen LogP contribution in [0.15, 0.2) is 42.9 Å². The van der Waals surface area contributed by atoms with Crippen LogP contribution in [-0.2, 0) is 22.3 Å². The molecule has 3 heterocycles. The fourth-order valence-corrected chi connectivity index (χ4v) is 5.92. The van der Waals surface area contributed by atoms with Crippen molar-refractivity contribution >= 4 is 0 Å². The van der Waals surface area contributed by atoms with Gasteiger partial charge in [0.2, 0.25) is 5.88 Å². The maximum Gasteiger partial charge on any atom is 0.287 e. The van der Waals surface area contributed by atoms with Crippen LogP contribution in [0.2, 0.25) is 0 Å². The van der Waals surface area contributed by atoms with Gasteiger partial charge in [-0.2, -0.15) is 0 Å². The van der Waals surface area contributed by atoms with Crippen LogP contribution in [0, 0.1) is 17.0 Å². The number of rotatable bonds is 9. The third kappa shape index (κ3) is 3.54. The van der Waals surface area contributed by atoms with Crippen LogP contribution in [0.4, 0.5) is 22.0 Å². The summed E-state index contributed by atoms with van der Waals surface area (Å²) in [6, 6.07) is 5.37. The largest absolute Gasteiger partial charge is 0.474 e. The maximum atomic E-state index is 16.2. The SMILES string of the molecule is OC(Cn1cnnn1)(c1ccc(F)cc1F)C(F)(F)C12CC(c3ccc(OCC4(F)COC4)nc3)(C1)C2. The van der Waals surface area contributed by atoms with Gasteiger partial charge in [0.05, 0.1) is 19.8 Å². The molecule has 2 bridgehead atoms. The van der Waals surface area contributed by atoms with Crippen molar-refractivity contribution < 1.29 is 36.5 Å². The van der Waals surface area contributed by atoms with Gasteiger partial charge in [0, 0.05) is 29.3 Å². The van der Waals surface area contributed by atoms with E-state index in [1.54, 1.807) is 12.1 Å². The molecule has 1 atom stereocenters. The fourth-order valence-electron chi connectivity index (χ4n) is 5.92. The van der Waals surface area contributed by atoms with Crippen LogP contribution in [-0.4, -0.2) is 61.7 Å². The minimum Gasteiger partial charge on any atom is -0.474 e. The molecule has 3 saturated carbocycles. The second kappa shape index (κ2) is 7.90. The summed E-state index contributed by atoms with van der Waals surface area (Å²) in [6.45, 7) is -1.10. The number of hydrogen-bond donors (Lipinski definition) is 1. The Morgan fingerprint density at radius 2 is 1.86 bits per heavy atom. The molecule has 1 aliphatic heterocycles. The van der Waals surface area contributed by atoms with E-state index in [1.807, 2.05) is 0 Å². The van der Waals surface area contributed by atoms with Crippen molar-refractivity contribution in [2.45, 2.75) is 48.4 Å². The molecule has 196 valence electrons. The number of pyridine rings is 1. The monoisotopic (exact) mass is 523 g/mol. The lowest BCUT2D eigenvalue weighted by atomic mass is 9.30. The topological polar surface area (TPSA) is 95.2 Å². The minimum absolute atomic E-state index is 0.0283. The smallest absolute Gasteiger partial charge is 0.287 e. The summed E-state index contributed by atoms with van der Waals surface area (Å²) in [6.07, 6.45) is 2.64. The fraction of sp³-hybridized carbons (Fsp3) is 0.500. The highest BCUT2D eigenvalue weighted by Gasteiger charge is 2.82. The third-order valence-corrected chi connectivity index (χ3v) is 7.92. The van der Waals surface area contributed by atoms with Gasteiger partial charge in [-0.1, -0.05) is 6.07 Å². The van der Waals surface area contributed by atoms with Crippen LogP contribution >= 0.6 is 0 Å². The molecular formula is C24H22F5N5O3. The van der Waals surface area contributed by atoms with E-state index in [0.29, 0.717) is 6.07 Å². The first kappa shape index (κ1) is 24.2. The normalized spacial score (nSPS) is 27.4. The quantitative estimate of drug-likeness (QED) is 0.431. The van der Waals surface area contributed by atoms with Crippen molar-refractivity contribution in [2.24, 2.45) is 5.41 Å². The molecular weight excluding hydrogens is 501 g/mol. The van der Waals surface area contributed by atoms with Gasteiger partial charge in [0.1, 0.15) is 24.6 Å². The second-order valence-electron chi connectivity index (χ2n) is 10.5. The van der Waals surface area contributed by atoms with Crippen molar-refractivity contribution in [1.29, 1.82) is 0 Å². The predicted molar refractivity (Wildman–Crippen MR) is 115 cm³/mol. The van der Waals surface area contributed by atoms with E-state index < -0.39 is 51.8 Å². The number of nitrogens with zero attached hydrogens (tertiary/aromatic N) is 5. The molecule has 1 N–H and O–H groups in total.